The number of carbonyl (C=O) groups excluding carboxylic acids is 1. The van der Waals surface area contributed by atoms with Crippen LogP contribution in [0.3, 0.4) is 0 Å². The summed E-state index contributed by atoms with van der Waals surface area (Å²) < 4.78 is 14.3. The van der Waals surface area contributed by atoms with E-state index in [1.807, 2.05) is 0 Å². The molecule has 0 atom stereocenters. The number of nitrogens with one attached hydrogen (secondary N) is 1. The van der Waals surface area contributed by atoms with Gasteiger partial charge in [-0.25, -0.2) is 4.39 Å². The van der Waals surface area contributed by atoms with Crippen molar-refractivity contribution in [3.8, 4) is 0 Å². The second kappa shape index (κ2) is 5.57. The zero-order valence-corrected chi connectivity index (χ0v) is 12.3. The molecule has 0 saturated heterocycles. The molecule has 3 rings (SSSR count). The number of fused-ring (bicyclic) bond motifs is 1. The Morgan fingerprint density at radius 2 is 1.87 bits per heavy atom. The number of hydrogen-bond donors (Lipinski definition) is 2. The lowest BCUT2D eigenvalue weighted by Crippen LogP contribution is -2.28. The summed E-state index contributed by atoms with van der Waals surface area (Å²) in [7, 11) is 1.58. The molecule has 23 heavy (non-hydrogen) atoms. The number of benzene rings is 2. The van der Waals surface area contributed by atoms with Gasteiger partial charge in [-0.15, -0.1) is 0 Å². The fourth-order valence-corrected chi connectivity index (χ4v) is 2.41. The number of nitrogen functional groups attached to an aromatic ring is 1. The van der Waals surface area contributed by atoms with Gasteiger partial charge < -0.3 is 15.6 Å². The Bertz CT molecular complexity index is 962. The molecule has 0 spiro atoms. The van der Waals surface area contributed by atoms with Gasteiger partial charge in [-0.05, 0) is 42.5 Å². The van der Waals surface area contributed by atoms with Gasteiger partial charge in [0.25, 0.3) is 11.5 Å². The van der Waals surface area contributed by atoms with Crippen molar-refractivity contribution in [3.63, 3.8) is 0 Å². The van der Waals surface area contributed by atoms with Crippen molar-refractivity contribution in [2.75, 3.05) is 11.1 Å². The normalized spacial score (nSPS) is 10.7. The van der Waals surface area contributed by atoms with Gasteiger partial charge >= 0.3 is 0 Å². The number of amides is 1. The SMILES string of the molecule is Cn1c(=O)c(C(=O)Nc2ccc(F)cc2)cc2c(N)cccc21. The van der Waals surface area contributed by atoms with Crippen LogP contribution >= 0.6 is 0 Å². The van der Waals surface area contributed by atoms with Gasteiger partial charge in [-0.1, -0.05) is 6.07 Å². The third-order valence-corrected chi connectivity index (χ3v) is 3.65. The fourth-order valence-electron chi connectivity index (χ4n) is 2.41. The Balaban J connectivity index is 2.07. The van der Waals surface area contributed by atoms with Gasteiger partial charge in [0, 0.05) is 23.8 Å². The minimum Gasteiger partial charge on any atom is -0.398 e. The molecule has 0 radical (unpaired) electrons. The van der Waals surface area contributed by atoms with Crippen LogP contribution < -0.4 is 16.6 Å². The second-order valence-corrected chi connectivity index (χ2v) is 5.16. The topological polar surface area (TPSA) is 77.1 Å². The number of nitrogens with zero attached hydrogens (tertiary/aromatic N) is 1. The minimum atomic E-state index is -0.567. The molecule has 6 heteroatoms. The first-order valence-electron chi connectivity index (χ1n) is 6.92. The first-order valence-corrected chi connectivity index (χ1v) is 6.92. The Hall–Kier alpha value is -3.15. The van der Waals surface area contributed by atoms with Crippen LogP contribution in [-0.2, 0) is 7.05 Å². The molecule has 3 N–H and O–H groups in total. The van der Waals surface area contributed by atoms with Crippen LogP contribution in [0.5, 0.6) is 0 Å². The van der Waals surface area contributed by atoms with E-state index in [-0.39, 0.29) is 5.56 Å². The van der Waals surface area contributed by atoms with Crippen molar-refractivity contribution in [2.24, 2.45) is 7.05 Å². The van der Waals surface area contributed by atoms with Crippen LogP contribution in [0.25, 0.3) is 10.9 Å². The number of rotatable bonds is 2. The van der Waals surface area contributed by atoms with Gasteiger partial charge in [0.2, 0.25) is 0 Å². The van der Waals surface area contributed by atoms with Crippen molar-refractivity contribution in [2.45, 2.75) is 0 Å². The maximum Gasteiger partial charge on any atom is 0.263 e. The van der Waals surface area contributed by atoms with Crippen LogP contribution in [-0.4, -0.2) is 10.5 Å². The molecule has 5 nitrogen and oxygen atoms in total. The van der Waals surface area contributed by atoms with Crippen LogP contribution in [0, 0.1) is 5.82 Å². The van der Waals surface area contributed by atoms with Crippen molar-refractivity contribution in [1.82, 2.24) is 4.57 Å². The maximum absolute atomic E-state index is 12.9. The fraction of sp³-hybridized carbons (Fsp3) is 0.0588. The standard InChI is InChI=1S/C17H14FN3O2/c1-21-15-4-2-3-14(19)12(15)9-13(17(21)23)16(22)20-11-7-5-10(18)6-8-11/h2-9H,19H2,1H3,(H,20,22). The van der Waals surface area contributed by atoms with Gasteiger partial charge in [-0.2, -0.15) is 0 Å². The number of carbonyl (C=O) groups is 1. The number of aryl methyl sites for hydroxylation is 1. The van der Waals surface area contributed by atoms with Crippen molar-refractivity contribution < 1.29 is 9.18 Å². The minimum absolute atomic E-state index is 0.0257. The van der Waals surface area contributed by atoms with E-state index in [4.69, 9.17) is 5.73 Å². The average molecular weight is 311 g/mol. The number of pyridine rings is 1. The molecule has 0 unspecified atom stereocenters. The number of aromatic nitrogens is 1. The molecule has 2 aromatic carbocycles. The highest BCUT2D eigenvalue weighted by molar-refractivity contribution is 6.06. The van der Waals surface area contributed by atoms with Crippen LogP contribution in [0.15, 0.2) is 53.3 Å². The van der Waals surface area contributed by atoms with E-state index in [0.29, 0.717) is 22.3 Å². The Morgan fingerprint density at radius 1 is 1.17 bits per heavy atom. The Labute approximate surface area is 131 Å². The van der Waals surface area contributed by atoms with E-state index in [9.17, 15) is 14.0 Å². The molecule has 0 aliphatic rings. The zero-order valence-electron chi connectivity index (χ0n) is 12.3. The molecule has 0 bridgehead atoms. The first kappa shape index (κ1) is 14.8. The number of anilines is 2. The summed E-state index contributed by atoms with van der Waals surface area (Å²) in [5.41, 5.74) is 7.00. The van der Waals surface area contributed by atoms with Crippen LogP contribution in [0.1, 0.15) is 10.4 Å². The molecule has 3 aromatic rings. The highest BCUT2D eigenvalue weighted by atomic mass is 19.1. The lowest BCUT2D eigenvalue weighted by molar-refractivity contribution is 0.102. The van der Waals surface area contributed by atoms with E-state index >= 15 is 0 Å². The average Bonchev–Trinajstić information content (AvgIpc) is 2.53. The molecule has 0 saturated carbocycles. The summed E-state index contributed by atoms with van der Waals surface area (Å²) in [5, 5.41) is 3.20. The van der Waals surface area contributed by atoms with Gasteiger partial charge in [0.15, 0.2) is 0 Å². The molecule has 1 aromatic heterocycles. The molecule has 1 amide bonds. The zero-order chi connectivity index (χ0) is 16.6. The highest BCUT2D eigenvalue weighted by Gasteiger charge is 2.15. The second-order valence-electron chi connectivity index (χ2n) is 5.16. The molecular weight excluding hydrogens is 297 g/mol. The Morgan fingerprint density at radius 3 is 2.57 bits per heavy atom. The molecule has 0 fully saturated rings. The van der Waals surface area contributed by atoms with E-state index in [1.165, 1.54) is 34.9 Å². The summed E-state index contributed by atoms with van der Waals surface area (Å²) in [5.74, 6) is -0.972. The number of halogens is 1. The van der Waals surface area contributed by atoms with E-state index in [0.717, 1.165) is 0 Å². The third kappa shape index (κ3) is 2.66. The maximum atomic E-state index is 12.9. The number of hydrogen-bond acceptors (Lipinski definition) is 3. The predicted octanol–water partition coefficient (Wildman–Crippen LogP) is 2.51. The molecular formula is C17H14FN3O2. The van der Waals surface area contributed by atoms with Crippen molar-refractivity contribution >= 4 is 28.2 Å². The lowest BCUT2D eigenvalue weighted by Gasteiger charge is -2.10. The van der Waals surface area contributed by atoms with Crippen molar-refractivity contribution in [1.29, 1.82) is 0 Å². The number of nitrogens with two attached hydrogens (primary N) is 1. The monoisotopic (exact) mass is 311 g/mol. The quantitative estimate of drug-likeness (QED) is 0.714. The molecule has 1 heterocycles. The van der Waals surface area contributed by atoms with E-state index < -0.39 is 17.3 Å². The van der Waals surface area contributed by atoms with Crippen LogP contribution in [0.4, 0.5) is 15.8 Å². The van der Waals surface area contributed by atoms with Crippen molar-refractivity contribution in [3.05, 3.63) is 70.3 Å². The highest BCUT2D eigenvalue weighted by Crippen LogP contribution is 2.20. The molecule has 0 aliphatic carbocycles. The molecule has 0 aliphatic heterocycles. The summed E-state index contributed by atoms with van der Waals surface area (Å²) in [6.45, 7) is 0. The Kier molecular flexibility index (Phi) is 3.57. The summed E-state index contributed by atoms with van der Waals surface area (Å²) in [6.07, 6.45) is 0. The summed E-state index contributed by atoms with van der Waals surface area (Å²) in [6, 6.07) is 12.0. The van der Waals surface area contributed by atoms with E-state index in [2.05, 4.69) is 5.32 Å². The van der Waals surface area contributed by atoms with Gasteiger partial charge in [0.05, 0.1) is 5.52 Å². The third-order valence-electron chi connectivity index (χ3n) is 3.65. The first-order chi connectivity index (χ1) is 11.0. The summed E-state index contributed by atoms with van der Waals surface area (Å²) in [4.78, 5) is 24.7. The van der Waals surface area contributed by atoms with Gasteiger partial charge in [-0.3, -0.25) is 9.59 Å². The molecule has 116 valence electrons. The summed E-state index contributed by atoms with van der Waals surface area (Å²) >= 11 is 0. The van der Waals surface area contributed by atoms with Gasteiger partial charge in [0.1, 0.15) is 11.4 Å². The predicted molar refractivity (Wildman–Crippen MR) is 88.0 cm³/mol. The van der Waals surface area contributed by atoms with Crippen LogP contribution in [0.2, 0.25) is 0 Å². The smallest absolute Gasteiger partial charge is 0.263 e. The lowest BCUT2D eigenvalue weighted by atomic mass is 10.1. The van der Waals surface area contributed by atoms with E-state index in [1.54, 1.807) is 25.2 Å². The largest absolute Gasteiger partial charge is 0.398 e.